The van der Waals surface area contributed by atoms with Crippen LogP contribution >= 0.6 is 0 Å². The molecule has 2 heteroatoms. The molecule has 2 nitrogen and oxygen atoms in total. The van der Waals surface area contributed by atoms with Gasteiger partial charge in [0.2, 0.25) is 0 Å². The van der Waals surface area contributed by atoms with Crippen LogP contribution in [0, 0.1) is 5.92 Å². The molecule has 86 valence electrons. The molecule has 1 unspecified atom stereocenters. The van der Waals surface area contributed by atoms with Gasteiger partial charge < -0.3 is 9.73 Å². The fraction of sp³-hybridized carbons (Fsp3) is 0.429. The van der Waals surface area contributed by atoms with E-state index in [0.717, 1.165) is 12.1 Å². The first-order valence-electron chi connectivity index (χ1n) is 5.93. The summed E-state index contributed by atoms with van der Waals surface area (Å²) >= 11 is 0. The van der Waals surface area contributed by atoms with Crippen LogP contribution in [0.1, 0.15) is 32.4 Å². The van der Waals surface area contributed by atoms with Crippen LogP contribution in [0.15, 0.2) is 34.9 Å². The summed E-state index contributed by atoms with van der Waals surface area (Å²) in [6.45, 7) is 7.57. The molecular weight excluding hydrogens is 198 g/mol. The molecule has 0 aliphatic heterocycles. The topological polar surface area (TPSA) is 25.2 Å². The minimum Gasteiger partial charge on any atom is -0.464 e. The summed E-state index contributed by atoms with van der Waals surface area (Å²) in [5.74, 6) is 0.556. The van der Waals surface area contributed by atoms with Crippen LogP contribution in [-0.4, -0.2) is 6.54 Å². The average Bonchev–Trinajstić information content (AvgIpc) is 2.69. The Kier molecular flexibility index (Phi) is 3.30. The number of rotatable bonds is 4. The smallest absolute Gasteiger partial charge is 0.134 e. The quantitative estimate of drug-likeness (QED) is 0.844. The molecule has 0 radical (unpaired) electrons. The highest BCUT2D eigenvalue weighted by Gasteiger charge is 2.18. The third-order valence-electron chi connectivity index (χ3n) is 2.94. The molecule has 1 N–H and O–H groups in total. The monoisotopic (exact) mass is 217 g/mol. The van der Waals surface area contributed by atoms with Crippen molar-refractivity contribution in [1.82, 2.24) is 5.32 Å². The van der Waals surface area contributed by atoms with Crippen molar-refractivity contribution in [3.8, 4) is 0 Å². The number of para-hydroxylation sites is 1. The lowest BCUT2D eigenvalue weighted by molar-refractivity contribution is 0.419. The first kappa shape index (κ1) is 11.2. The van der Waals surface area contributed by atoms with E-state index in [1.165, 1.54) is 10.9 Å². The maximum atomic E-state index is 5.59. The van der Waals surface area contributed by atoms with Crippen molar-refractivity contribution in [3.05, 3.63) is 36.1 Å². The number of nitrogens with one attached hydrogen (secondary N) is 1. The van der Waals surface area contributed by atoms with Gasteiger partial charge in [-0.25, -0.2) is 0 Å². The van der Waals surface area contributed by atoms with Gasteiger partial charge in [0, 0.05) is 17.0 Å². The number of hydrogen-bond acceptors (Lipinski definition) is 2. The predicted octanol–water partition coefficient (Wildman–Crippen LogP) is 3.74. The molecule has 1 atom stereocenters. The standard InChI is InChI=1S/C14H19NO/c1-4-15-14(10(2)3)12-9-16-13-8-6-5-7-11(12)13/h5-10,14-15H,4H2,1-3H3. The summed E-state index contributed by atoms with van der Waals surface area (Å²) in [6.07, 6.45) is 1.89. The minimum absolute atomic E-state index is 0.369. The summed E-state index contributed by atoms with van der Waals surface area (Å²) in [4.78, 5) is 0. The SMILES string of the molecule is CCNC(c1coc2ccccc12)C(C)C. The maximum absolute atomic E-state index is 5.59. The minimum atomic E-state index is 0.369. The number of fused-ring (bicyclic) bond motifs is 1. The van der Waals surface area contributed by atoms with Crippen molar-refractivity contribution in [1.29, 1.82) is 0 Å². The highest BCUT2D eigenvalue weighted by Crippen LogP contribution is 2.30. The molecule has 0 aliphatic rings. The van der Waals surface area contributed by atoms with Gasteiger partial charge in [-0.05, 0) is 18.5 Å². The Labute approximate surface area is 96.6 Å². The molecule has 1 aromatic heterocycles. The Morgan fingerprint density at radius 2 is 2.00 bits per heavy atom. The van der Waals surface area contributed by atoms with Gasteiger partial charge in [0.25, 0.3) is 0 Å². The van der Waals surface area contributed by atoms with Crippen LogP contribution in [-0.2, 0) is 0 Å². The maximum Gasteiger partial charge on any atom is 0.134 e. The molecule has 0 bridgehead atoms. The van der Waals surface area contributed by atoms with Crippen LogP contribution in [0.3, 0.4) is 0 Å². The van der Waals surface area contributed by atoms with E-state index in [9.17, 15) is 0 Å². The van der Waals surface area contributed by atoms with Gasteiger partial charge in [-0.15, -0.1) is 0 Å². The number of hydrogen-bond donors (Lipinski definition) is 1. The molecule has 16 heavy (non-hydrogen) atoms. The van der Waals surface area contributed by atoms with Crippen LogP contribution in [0.2, 0.25) is 0 Å². The molecule has 0 aliphatic carbocycles. The van der Waals surface area contributed by atoms with Crippen molar-refractivity contribution in [2.75, 3.05) is 6.54 Å². The molecule has 0 spiro atoms. The summed E-state index contributed by atoms with van der Waals surface area (Å²) in [5, 5.41) is 4.74. The Balaban J connectivity index is 2.44. The highest BCUT2D eigenvalue weighted by atomic mass is 16.3. The fourth-order valence-electron chi connectivity index (χ4n) is 2.16. The van der Waals surface area contributed by atoms with E-state index in [1.54, 1.807) is 0 Å². The second-order valence-corrected chi connectivity index (χ2v) is 4.47. The molecule has 1 aromatic carbocycles. The van der Waals surface area contributed by atoms with E-state index in [1.807, 2.05) is 18.4 Å². The molecule has 0 fully saturated rings. The highest BCUT2D eigenvalue weighted by molar-refractivity contribution is 5.81. The molecular formula is C14H19NO. The van der Waals surface area contributed by atoms with Crippen LogP contribution < -0.4 is 5.32 Å². The van der Waals surface area contributed by atoms with E-state index < -0.39 is 0 Å². The summed E-state index contributed by atoms with van der Waals surface area (Å²) in [5.41, 5.74) is 2.24. The number of furan rings is 1. The van der Waals surface area contributed by atoms with Crippen molar-refractivity contribution in [2.45, 2.75) is 26.8 Å². The van der Waals surface area contributed by atoms with Crippen molar-refractivity contribution in [3.63, 3.8) is 0 Å². The van der Waals surface area contributed by atoms with Gasteiger partial charge in [0.15, 0.2) is 0 Å². The van der Waals surface area contributed by atoms with Gasteiger partial charge in [-0.1, -0.05) is 39.0 Å². The van der Waals surface area contributed by atoms with Gasteiger partial charge >= 0.3 is 0 Å². The first-order chi connectivity index (χ1) is 7.74. The first-order valence-corrected chi connectivity index (χ1v) is 5.93. The molecule has 0 amide bonds. The Morgan fingerprint density at radius 3 is 2.69 bits per heavy atom. The Morgan fingerprint density at radius 1 is 1.25 bits per heavy atom. The molecule has 2 aromatic rings. The van der Waals surface area contributed by atoms with Crippen LogP contribution in [0.25, 0.3) is 11.0 Å². The van der Waals surface area contributed by atoms with Gasteiger partial charge in [-0.2, -0.15) is 0 Å². The lowest BCUT2D eigenvalue weighted by Gasteiger charge is -2.20. The molecule has 2 rings (SSSR count). The fourth-order valence-corrected chi connectivity index (χ4v) is 2.16. The lowest BCUT2D eigenvalue weighted by atomic mass is 9.95. The normalized spacial score (nSPS) is 13.5. The average molecular weight is 217 g/mol. The van der Waals surface area contributed by atoms with Crippen LogP contribution in [0.5, 0.6) is 0 Å². The zero-order valence-corrected chi connectivity index (χ0v) is 10.2. The summed E-state index contributed by atoms with van der Waals surface area (Å²) in [6, 6.07) is 8.58. The Hall–Kier alpha value is -1.28. The van der Waals surface area contributed by atoms with Gasteiger partial charge in [-0.3, -0.25) is 0 Å². The number of benzene rings is 1. The van der Waals surface area contributed by atoms with Gasteiger partial charge in [0.05, 0.1) is 6.26 Å². The van der Waals surface area contributed by atoms with E-state index in [0.29, 0.717) is 12.0 Å². The molecule has 0 saturated carbocycles. The third kappa shape index (κ3) is 1.98. The predicted molar refractivity (Wildman–Crippen MR) is 67.5 cm³/mol. The van der Waals surface area contributed by atoms with E-state index in [4.69, 9.17) is 4.42 Å². The summed E-state index contributed by atoms with van der Waals surface area (Å²) < 4.78 is 5.59. The lowest BCUT2D eigenvalue weighted by Crippen LogP contribution is -2.25. The zero-order valence-electron chi connectivity index (χ0n) is 10.2. The zero-order chi connectivity index (χ0) is 11.5. The van der Waals surface area contributed by atoms with E-state index in [2.05, 4.69) is 38.2 Å². The van der Waals surface area contributed by atoms with Gasteiger partial charge in [0.1, 0.15) is 5.58 Å². The summed E-state index contributed by atoms with van der Waals surface area (Å²) in [7, 11) is 0. The van der Waals surface area contributed by atoms with Crippen LogP contribution in [0.4, 0.5) is 0 Å². The van der Waals surface area contributed by atoms with E-state index >= 15 is 0 Å². The van der Waals surface area contributed by atoms with Crippen molar-refractivity contribution < 1.29 is 4.42 Å². The second kappa shape index (κ2) is 4.71. The van der Waals surface area contributed by atoms with E-state index in [-0.39, 0.29) is 0 Å². The largest absolute Gasteiger partial charge is 0.464 e. The van der Waals surface area contributed by atoms with Crippen molar-refractivity contribution in [2.24, 2.45) is 5.92 Å². The Bertz CT molecular complexity index is 458. The molecule has 1 heterocycles. The molecule has 0 saturated heterocycles. The second-order valence-electron chi connectivity index (χ2n) is 4.47. The third-order valence-corrected chi connectivity index (χ3v) is 2.94. The van der Waals surface area contributed by atoms with Crippen molar-refractivity contribution >= 4 is 11.0 Å².